The minimum atomic E-state index is -0.470. The Morgan fingerprint density at radius 2 is 2.03 bits per heavy atom. The van der Waals surface area contributed by atoms with Crippen molar-refractivity contribution in [3.8, 4) is 0 Å². The number of aromatic nitrogens is 1. The minimum Gasteiger partial charge on any atom is -0.443 e. The van der Waals surface area contributed by atoms with Crippen LogP contribution in [-0.4, -0.2) is 67.3 Å². The van der Waals surface area contributed by atoms with E-state index in [2.05, 4.69) is 20.5 Å². The van der Waals surface area contributed by atoms with Gasteiger partial charge < -0.3 is 35.3 Å². The molecule has 10 nitrogen and oxygen atoms in total. The van der Waals surface area contributed by atoms with Crippen molar-refractivity contribution in [2.45, 2.75) is 6.10 Å². The molecule has 0 saturated carbocycles. The first kappa shape index (κ1) is 19.3. The fourth-order valence-electron chi connectivity index (χ4n) is 3.09. The molecule has 2 saturated heterocycles. The van der Waals surface area contributed by atoms with Gasteiger partial charge in [-0.2, -0.15) is 4.98 Å². The number of nitrogen functional groups attached to an aromatic ring is 1. The Morgan fingerprint density at radius 1 is 1.28 bits per heavy atom. The van der Waals surface area contributed by atoms with E-state index in [4.69, 9.17) is 26.5 Å². The quantitative estimate of drug-likeness (QED) is 0.677. The first-order valence-electron chi connectivity index (χ1n) is 9.23. The van der Waals surface area contributed by atoms with Gasteiger partial charge >= 0.3 is 6.09 Å². The summed E-state index contributed by atoms with van der Waals surface area (Å²) in [6.45, 7) is 3.83. The molecule has 2 aliphatic heterocycles. The SMILES string of the molecule is Nc1nc(C(=O)Nc2cc(N3CCN(C(=O)OC4CNC4)CC3)ccc2Cl)co1. The van der Waals surface area contributed by atoms with Gasteiger partial charge in [0.15, 0.2) is 5.69 Å². The van der Waals surface area contributed by atoms with Crippen molar-refractivity contribution < 1.29 is 18.7 Å². The molecule has 4 rings (SSSR count). The molecule has 154 valence electrons. The van der Waals surface area contributed by atoms with E-state index in [9.17, 15) is 9.59 Å². The number of anilines is 3. The van der Waals surface area contributed by atoms with E-state index in [0.29, 0.717) is 50.0 Å². The van der Waals surface area contributed by atoms with E-state index in [-0.39, 0.29) is 23.9 Å². The third kappa shape index (κ3) is 4.38. The van der Waals surface area contributed by atoms with Crippen LogP contribution in [0.1, 0.15) is 10.5 Å². The van der Waals surface area contributed by atoms with Gasteiger partial charge in [0.25, 0.3) is 11.9 Å². The lowest BCUT2D eigenvalue weighted by atomic mass is 10.2. The summed E-state index contributed by atoms with van der Waals surface area (Å²) >= 11 is 6.23. The number of ether oxygens (including phenoxy) is 1. The summed E-state index contributed by atoms with van der Waals surface area (Å²) in [5.74, 6) is -0.470. The van der Waals surface area contributed by atoms with Crippen molar-refractivity contribution in [1.82, 2.24) is 15.2 Å². The first-order valence-corrected chi connectivity index (χ1v) is 9.60. The van der Waals surface area contributed by atoms with Crippen molar-refractivity contribution in [3.05, 3.63) is 35.2 Å². The van der Waals surface area contributed by atoms with Crippen LogP contribution in [0.15, 0.2) is 28.9 Å². The molecule has 2 aliphatic rings. The number of piperazine rings is 1. The van der Waals surface area contributed by atoms with Crippen molar-refractivity contribution >= 4 is 41.0 Å². The highest BCUT2D eigenvalue weighted by molar-refractivity contribution is 6.34. The summed E-state index contributed by atoms with van der Waals surface area (Å²) in [5.41, 5.74) is 6.81. The molecular weight excluding hydrogens is 400 g/mol. The smallest absolute Gasteiger partial charge is 0.410 e. The molecule has 2 fully saturated rings. The maximum Gasteiger partial charge on any atom is 0.410 e. The lowest BCUT2D eigenvalue weighted by molar-refractivity contribution is 0.0380. The lowest BCUT2D eigenvalue weighted by Crippen LogP contribution is -2.54. The largest absolute Gasteiger partial charge is 0.443 e. The van der Waals surface area contributed by atoms with E-state index >= 15 is 0 Å². The normalized spacial score (nSPS) is 17.0. The third-order valence-corrected chi connectivity index (χ3v) is 5.20. The number of carbonyl (C=O) groups is 2. The Kier molecular flexibility index (Phi) is 5.45. The molecule has 4 N–H and O–H groups in total. The van der Waals surface area contributed by atoms with Gasteiger partial charge in [-0.3, -0.25) is 4.79 Å². The van der Waals surface area contributed by atoms with Crippen LogP contribution >= 0.6 is 11.6 Å². The zero-order chi connectivity index (χ0) is 20.4. The number of oxazole rings is 1. The molecule has 3 heterocycles. The number of nitrogens with one attached hydrogen (secondary N) is 2. The minimum absolute atomic E-state index is 0.0250. The number of amides is 2. The fraction of sp³-hybridized carbons (Fsp3) is 0.389. The van der Waals surface area contributed by atoms with Gasteiger partial charge in [0, 0.05) is 45.0 Å². The topological polar surface area (TPSA) is 126 Å². The van der Waals surface area contributed by atoms with Gasteiger partial charge in [0.2, 0.25) is 0 Å². The predicted molar refractivity (Wildman–Crippen MR) is 107 cm³/mol. The average Bonchev–Trinajstić information content (AvgIpc) is 3.13. The Hall–Kier alpha value is -2.98. The van der Waals surface area contributed by atoms with Gasteiger partial charge in [-0.25, -0.2) is 4.79 Å². The molecule has 0 radical (unpaired) electrons. The number of benzene rings is 1. The second kappa shape index (κ2) is 8.18. The van der Waals surface area contributed by atoms with Gasteiger partial charge in [0.1, 0.15) is 12.4 Å². The number of rotatable bonds is 4. The number of nitrogens with zero attached hydrogens (tertiary/aromatic N) is 3. The summed E-state index contributed by atoms with van der Waals surface area (Å²) in [6.07, 6.45) is 0.885. The fourth-order valence-corrected chi connectivity index (χ4v) is 3.26. The van der Waals surface area contributed by atoms with Gasteiger partial charge in [-0.05, 0) is 18.2 Å². The van der Waals surface area contributed by atoms with Crippen LogP contribution in [0, 0.1) is 0 Å². The highest BCUT2D eigenvalue weighted by Gasteiger charge is 2.27. The summed E-state index contributed by atoms with van der Waals surface area (Å²) in [5, 5.41) is 6.19. The van der Waals surface area contributed by atoms with Gasteiger partial charge in [-0.1, -0.05) is 11.6 Å². The van der Waals surface area contributed by atoms with E-state index in [1.165, 1.54) is 6.26 Å². The summed E-state index contributed by atoms with van der Waals surface area (Å²) < 4.78 is 10.3. The van der Waals surface area contributed by atoms with Crippen LogP contribution < -0.4 is 21.3 Å². The highest BCUT2D eigenvalue weighted by Crippen LogP contribution is 2.29. The molecule has 0 aliphatic carbocycles. The van der Waals surface area contributed by atoms with E-state index < -0.39 is 5.91 Å². The Labute approximate surface area is 171 Å². The third-order valence-electron chi connectivity index (χ3n) is 4.87. The monoisotopic (exact) mass is 420 g/mol. The van der Waals surface area contributed by atoms with Gasteiger partial charge in [-0.15, -0.1) is 0 Å². The molecule has 0 atom stereocenters. The van der Waals surface area contributed by atoms with Crippen molar-refractivity contribution in [3.63, 3.8) is 0 Å². The van der Waals surface area contributed by atoms with Crippen LogP contribution in [0.25, 0.3) is 0 Å². The number of halogens is 1. The van der Waals surface area contributed by atoms with Crippen LogP contribution in [0.2, 0.25) is 5.02 Å². The number of carbonyl (C=O) groups excluding carboxylic acids is 2. The van der Waals surface area contributed by atoms with Crippen molar-refractivity contribution in [2.75, 3.05) is 55.2 Å². The molecule has 29 heavy (non-hydrogen) atoms. The van der Waals surface area contributed by atoms with E-state index in [1.807, 2.05) is 6.07 Å². The molecule has 1 aromatic heterocycles. The highest BCUT2D eigenvalue weighted by atomic mass is 35.5. The maximum atomic E-state index is 12.3. The van der Waals surface area contributed by atoms with E-state index in [0.717, 1.165) is 5.69 Å². The van der Waals surface area contributed by atoms with Crippen LogP contribution in [0.4, 0.5) is 22.2 Å². The molecule has 0 bridgehead atoms. The summed E-state index contributed by atoms with van der Waals surface area (Å²) in [7, 11) is 0. The Morgan fingerprint density at radius 3 is 2.66 bits per heavy atom. The number of nitrogens with two attached hydrogens (primary N) is 1. The molecule has 0 unspecified atom stereocenters. The lowest BCUT2D eigenvalue weighted by Gasteiger charge is -2.37. The molecule has 1 aromatic carbocycles. The first-order chi connectivity index (χ1) is 14.0. The summed E-state index contributed by atoms with van der Waals surface area (Å²) in [4.78, 5) is 32.1. The van der Waals surface area contributed by atoms with Crippen LogP contribution in [0.5, 0.6) is 0 Å². The zero-order valence-corrected chi connectivity index (χ0v) is 16.3. The maximum absolute atomic E-state index is 12.3. The zero-order valence-electron chi connectivity index (χ0n) is 15.6. The molecular formula is C18H21ClN6O4. The van der Waals surface area contributed by atoms with Crippen LogP contribution in [0.3, 0.4) is 0 Å². The van der Waals surface area contributed by atoms with Gasteiger partial charge in [0.05, 0.1) is 10.7 Å². The molecule has 2 aromatic rings. The average molecular weight is 421 g/mol. The Balaban J connectivity index is 1.37. The molecule has 2 amide bonds. The van der Waals surface area contributed by atoms with Crippen molar-refractivity contribution in [2.24, 2.45) is 0 Å². The summed E-state index contributed by atoms with van der Waals surface area (Å²) in [6, 6.07) is 5.30. The second-order valence-electron chi connectivity index (χ2n) is 6.83. The molecule has 0 spiro atoms. The second-order valence-corrected chi connectivity index (χ2v) is 7.23. The van der Waals surface area contributed by atoms with Crippen molar-refractivity contribution in [1.29, 1.82) is 0 Å². The number of hydrogen-bond acceptors (Lipinski definition) is 8. The van der Waals surface area contributed by atoms with E-state index in [1.54, 1.807) is 17.0 Å². The number of hydrogen-bond donors (Lipinski definition) is 3. The standard InChI is InChI=1S/C18H21ClN6O4/c19-13-2-1-11(7-14(13)22-16(26)15-10-28-17(20)23-15)24-3-5-25(6-4-24)18(27)29-12-8-21-9-12/h1-2,7,10,12,21H,3-6,8-9H2,(H2,20,23)(H,22,26). The van der Waals surface area contributed by atoms with Crippen LogP contribution in [-0.2, 0) is 4.74 Å². The predicted octanol–water partition coefficient (Wildman–Crippen LogP) is 1.39. The molecule has 11 heteroatoms. The Bertz CT molecular complexity index is 908.